The fourth-order valence-electron chi connectivity index (χ4n) is 1.15. The molecule has 0 bridgehead atoms. The fourth-order valence-corrected chi connectivity index (χ4v) is 1.26. The van der Waals surface area contributed by atoms with Gasteiger partial charge in [-0.25, -0.2) is 4.98 Å². The van der Waals surface area contributed by atoms with Crippen molar-refractivity contribution in [3.63, 3.8) is 0 Å². The molecule has 0 saturated carbocycles. The van der Waals surface area contributed by atoms with Crippen molar-refractivity contribution in [1.29, 1.82) is 0 Å². The Balaban J connectivity index is 2.37. The molecule has 0 aliphatic rings. The maximum atomic E-state index is 11.0. The van der Waals surface area contributed by atoms with Crippen molar-refractivity contribution in [2.45, 2.75) is 6.92 Å². The van der Waals surface area contributed by atoms with Gasteiger partial charge in [0.2, 0.25) is 0 Å². The summed E-state index contributed by atoms with van der Waals surface area (Å²) in [6.07, 6.45) is 3.03. The molecular formula is C10H8ClN3O. The maximum absolute atomic E-state index is 11.0. The van der Waals surface area contributed by atoms with Crippen LogP contribution in [0.5, 0.6) is 0 Å². The van der Waals surface area contributed by atoms with E-state index in [1.807, 2.05) is 0 Å². The molecule has 2 aromatic heterocycles. The minimum absolute atomic E-state index is 0.0530. The quantitative estimate of drug-likeness (QED) is 0.792. The van der Waals surface area contributed by atoms with Gasteiger partial charge in [0, 0.05) is 13.1 Å². The number of hydrogen-bond donors (Lipinski definition) is 1. The zero-order valence-electron chi connectivity index (χ0n) is 7.99. The largest absolute Gasteiger partial charge is 0.334 e. The minimum atomic E-state index is -0.0530. The second-order valence-corrected chi connectivity index (χ2v) is 3.50. The molecule has 4 nitrogen and oxygen atoms in total. The van der Waals surface area contributed by atoms with Gasteiger partial charge in [-0.1, -0.05) is 11.6 Å². The molecule has 0 radical (unpaired) electrons. The number of nitrogens with one attached hydrogen (secondary N) is 1. The number of hydrogen-bond acceptors (Lipinski definition) is 3. The van der Waals surface area contributed by atoms with Crippen LogP contribution in [-0.2, 0) is 0 Å². The van der Waals surface area contributed by atoms with Crippen molar-refractivity contribution in [2.24, 2.45) is 0 Å². The van der Waals surface area contributed by atoms with Crippen LogP contribution >= 0.6 is 11.6 Å². The number of aromatic nitrogens is 3. The van der Waals surface area contributed by atoms with Crippen LogP contribution in [0.15, 0.2) is 24.5 Å². The third-order valence-corrected chi connectivity index (χ3v) is 2.15. The molecule has 0 fully saturated rings. The Morgan fingerprint density at radius 1 is 1.33 bits per heavy atom. The van der Waals surface area contributed by atoms with Crippen molar-refractivity contribution >= 4 is 17.4 Å². The van der Waals surface area contributed by atoms with Crippen molar-refractivity contribution < 1.29 is 4.79 Å². The number of carbonyl (C=O) groups excluding carboxylic acids is 1. The van der Waals surface area contributed by atoms with Crippen LogP contribution in [0.2, 0.25) is 5.02 Å². The lowest BCUT2D eigenvalue weighted by molar-refractivity contribution is 0.101. The zero-order chi connectivity index (χ0) is 10.8. The smallest absolute Gasteiger partial charge is 0.177 e. The summed E-state index contributed by atoms with van der Waals surface area (Å²) in [6.45, 7) is 1.48. The van der Waals surface area contributed by atoms with E-state index in [4.69, 9.17) is 11.6 Å². The molecule has 76 valence electrons. The van der Waals surface area contributed by atoms with Gasteiger partial charge in [-0.3, -0.25) is 9.78 Å². The molecule has 5 heteroatoms. The van der Waals surface area contributed by atoms with Gasteiger partial charge in [0.1, 0.15) is 11.4 Å². The highest BCUT2D eigenvalue weighted by Gasteiger charge is 2.07. The number of carbonyl (C=O) groups is 1. The SMILES string of the molecule is CC(=O)c1cnc(-c2ccc(Cl)cn2)[nH]1. The van der Waals surface area contributed by atoms with E-state index in [1.165, 1.54) is 19.3 Å². The van der Waals surface area contributed by atoms with Crippen LogP contribution in [-0.4, -0.2) is 20.7 Å². The normalized spacial score (nSPS) is 10.3. The van der Waals surface area contributed by atoms with E-state index in [0.29, 0.717) is 22.2 Å². The number of imidazole rings is 1. The summed E-state index contributed by atoms with van der Waals surface area (Å²) < 4.78 is 0. The Bertz CT molecular complexity index is 490. The van der Waals surface area contributed by atoms with Gasteiger partial charge in [-0.15, -0.1) is 0 Å². The third kappa shape index (κ3) is 2.05. The summed E-state index contributed by atoms with van der Waals surface area (Å²) in [6, 6.07) is 3.46. The van der Waals surface area contributed by atoms with E-state index in [9.17, 15) is 4.79 Å². The van der Waals surface area contributed by atoms with Crippen LogP contribution in [0.3, 0.4) is 0 Å². The van der Waals surface area contributed by atoms with Crippen LogP contribution in [0.1, 0.15) is 17.4 Å². The molecule has 2 heterocycles. The summed E-state index contributed by atoms with van der Waals surface area (Å²) in [5.41, 5.74) is 1.13. The number of aromatic amines is 1. The Labute approximate surface area is 91.3 Å². The fraction of sp³-hybridized carbons (Fsp3) is 0.100. The average molecular weight is 222 g/mol. The highest BCUT2D eigenvalue weighted by atomic mass is 35.5. The van der Waals surface area contributed by atoms with E-state index in [0.717, 1.165) is 0 Å². The summed E-state index contributed by atoms with van der Waals surface area (Å²) in [4.78, 5) is 22.1. The molecule has 0 saturated heterocycles. The number of pyridine rings is 1. The lowest BCUT2D eigenvalue weighted by Gasteiger charge is -1.95. The Morgan fingerprint density at radius 3 is 2.67 bits per heavy atom. The topological polar surface area (TPSA) is 58.6 Å². The predicted octanol–water partition coefficient (Wildman–Crippen LogP) is 2.33. The zero-order valence-corrected chi connectivity index (χ0v) is 8.75. The first-order chi connectivity index (χ1) is 7.16. The van der Waals surface area contributed by atoms with Crippen molar-refractivity contribution in [1.82, 2.24) is 15.0 Å². The summed E-state index contributed by atoms with van der Waals surface area (Å²) in [5, 5.41) is 0.567. The molecule has 0 spiro atoms. The predicted molar refractivity (Wildman–Crippen MR) is 56.8 cm³/mol. The summed E-state index contributed by atoms with van der Waals surface area (Å²) in [5.74, 6) is 0.514. The number of nitrogens with zero attached hydrogens (tertiary/aromatic N) is 2. The van der Waals surface area contributed by atoms with Crippen LogP contribution in [0, 0.1) is 0 Å². The summed E-state index contributed by atoms with van der Waals surface area (Å²) in [7, 11) is 0. The molecule has 2 aromatic rings. The van der Waals surface area contributed by atoms with Crippen molar-refractivity contribution in [2.75, 3.05) is 0 Å². The third-order valence-electron chi connectivity index (χ3n) is 1.93. The Hall–Kier alpha value is -1.68. The van der Waals surface area contributed by atoms with Gasteiger partial charge in [-0.05, 0) is 12.1 Å². The first-order valence-corrected chi connectivity index (χ1v) is 4.72. The maximum Gasteiger partial charge on any atom is 0.177 e. The Kier molecular flexibility index (Phi) is 2.51. The van der Waals surface area contributed by atoms with Crippen molar-refractivity contribution in [3.8, 4) is 11.5 Å². The minimum Gasteiger partial charge on any atom is -0.334 e. The van der Waals surface area contributed by atoms with Gasteiger partial charge in [-0.2, -0.15) is 0 Å². The highest BCUT2D eigenvalue weighted by Crippen LogP contribution is 2.15. The van der Waals surface area contributed by atoms with Gasteiger partial charge in [0.25, 0.3) is 0 Å². The van der Waals surface area contributed by atoms with E-state index >= 15 is 0 Å². The van der Waals surface area contributed by atoms with Crippen LogP contribution < -0.4 is 0 Å². The molecule has 0 atom stereocenters. The number of rotatable bonds is 2. The second-order valence-electron chi connectivity index (χ2n) is 3.06. The van der Waals surface area contributed by atoms with Gasteiger partial charge in [0.15, 0.2) is 11.6 Å². The second kappa shape index (κ2) is 3.82. The molecular weight excluding hydrogens is 214 g/mol. The molecule has 0 aromatic carbocycles. The van der Waals surface area contributed by atoms with Gasteiger partial charge in [0.05, 0.1) is 11.2 Å². The van der Waals surface area contributed by atoms with Gasteiger partial charge >= 0.3 is 0 Å². The number of Topliss-reactive ketones (excluding diaryl/α,β-unsaturated/α-hetero) is 1. The van der Waals surface area contributed by atoms with Crippen molar-refractivity contribution in [3.05, 3.63) is 35.2 Å². The molecule has 2 rings (SSSR count). The number of halogens is 1. The van der Waals surface area contributed by atoms with E-state index in [2.05, 4.69) is 15.0 Å². The van der Waals surface area contributed by atoms with E-state index in [-0.39, 0.29) is 5.78 Å². The van der Waals surface area contributed by atoms with E-state index < -0.39 is 0 Å². The monoisotopic (exact) mass is 221 g/mol. The molecule has 0 aliphatic carbocycles. The summed E-state index contributed by atoms with van der Waals surface area (Å²) >= 11 is 5.71. The Morgan fingerprint density at radius 2 is 2.13 bits per heavy atom. The first-order valence-electron chi connectivity index (χ1n) is 4.34. The number of H-pyrrole nitrogens is 1. The van der Waals surface area contributed by atoms with E-state index in [1.54, 1.807) is 12.1 Å². The van der Waals surface area contributed by atoms with Crippen LogP contribution in [0.25, 0.3) is 11.5 Å². The molecule has 0 unspecified atom stereocenters. The lowest BCUT2D eigenvalue weighted by atomic mass is 10.3. The standard InChI is InChI=1S/C10H8ClN3O/c1-6(15)9-5-13-10(14-9)8-3-2-7(11)4-12-8/h2-5H,1H3,(H,13,14). The molecule has 1 N–H and O–H groups in total. The first kappa shape index (κ1) is 9.86. The molecule has 0 amide bonds. The number of ketones is 1. The van der Waals surface area contributed by atoms with Crippen LogP contribution in [0.4, 0.5) is 0 Å². The molecule has 15 heavy (non-hydrogen) atoms. The van der Waals surface area contributed by atoms with Gasteiger partial charge < -0.3 is 4.98 Å². The lowest BCUT2D eigenvalue weighted by Crippen LogP contribution is -1.91. The molecule has 0 aliphatic heterocycles. The average Bonchev–Trinajstić information content (AvgIpc) is 2.68. The highest BCUT2D eigenvalue weighted by molar-refractivity contribution is 6.30.